The molecule has 0 aliphatic carbocycles. The summed E-state index contributed by atoms with van der Waals surface area (Å²) in [4.78, 5) is 32.6. The largest absolute Gasteiger partial charge is 0.872 e. The highest BCUT2D eigenvalue weighted by Crippen LogP contribution is 2.38. The molecule has 1 unspecified atom stereocenters. The summed E-state index contributed by atoms with van der Waals surface area (Å²) in [7, 11) is 3.16. The Morgan fingerprint density at radius 3 is 2.36 bits per heavy atom. The van der Waals surface area contributed by atoms with Crippen LogP contribution in [0.4, 0.5) is 0 Å². The minimum absolute atomic E-state index is 0.0273. The Bertz CT molecular complexity index is 1160. The lowest BCUT2D eigenvalue weighted by Crippen LogP contribution is -3.05. The Hall–Kier alpha value is -3.08. The Kier molecular flexibility index (Phi) is 7.31. The molecule has 1 amide bonds. The molecule has 1 aromatic heterocycles. The maximum atomic E-state index is 13.4. The first-order valence-corrected chi connectivity index (χ1v) is 12.0. The van der Waals surface area contributed by atoms with Crippen molar-refractivity contribution in [3.63, 3.8) is 0 Å². The van der Waals surface area contributed by atoms with Crippen LogP contribution >= 0.6 is 0 Å². The number of nitrogens with one attached hydrogen (secondary N) is 1. The van der Waals surface area contributed by atoms with E-state index >= 15 is 0 Å². The van der Waals surface area contributed by atoms with E-state index in [0.717, 1.165) is 10.8 Å². The van der Waals surface area contributed by atoms with E-state index in [0.29, 0.717) is 18.5 Å². The van der Waals surface area contributed by atoms with E-state index in [1.165, 1.54) is 48.2 Å². The molecule has 10 heteroatoms. The summed E-state index contributed by atoms with van der Waals surface area (Å²) < 4.78 is 25.7. The number of aromatic nitrogens is 1. The van der Waals surface area contributed by atoms with Gasteiger partial charge in [0.05, 0.1) is 31.6 Å². The van der Waals surface area contributed by atoms with Crippen molar-refractivity contribution in [3.05, 3.63) is 65.5 Å². The van der Waals surface area contributed by atoms with Crippen molar-refractivity contribution in [1.29, 1.82) is 0 Å². The van der Waals surface area contributed by atoms with Gasteiger partial charge >= 0.3 is 0 Å². The number of carbonyl (C=O) groups excluding carboxylic acids is 2. The van der Waals surface area contributed by atoms with Crippen molar-refractivity contribution in [3.8, 4) is 0 Å². The molecular formula is C23H28N4O5S. The van der Waals surface area contributed by atoms with E-state index in [1.54, 1.807) is 24.5 Å². The van der Waals surface area contributed by atoms with Crippen LogP contribution < -0.4 is 10.0 Å². The number of nitrogens with zero attached hydrogens (tertiary/aromatic N) is 3. The molecule has 9 nitrogen and oxygen atoms in total. The van der Waals surface area contributed by atoms with Crippen molar-refractivity contribution < 1.29 is 28.0 Å². The van der Waals surface area contributed by atoms with Crippen molar-refractivity contribution in [2.75, 3.05) is 41.3 Å². The number of hydrogen-bond acceptors (Lipinski definition) is 6. The molecule has 1 aliphatic rings. The molecule has 1 N–H and O–H groups in total. The van der Waals surface area contributed by atoms with Crippen LogP contribution in [0.15, 0.2) is 59.3 Å². The van der Waals surface area contributed by atoms with Gasteiger partial charge in [-0.05, 0) is 29.3 Å². The van der Waals surface area contributed by atoms with Gasteiger partial charge < -0.3 is 14.9 Å². The van der Waals surface area contributed by atoms with Crippen LogP contribution in [0.25, 0.3) is 5.76 Å². The number of rotatable bonds is 8. The van der Waals surface area contributed by atoms with Crippen LogP contribution in [0, 0.1) is 0 Å². The Labute approximate surface area is 194 Å². The number of amides is 1. The smallest absolute Gasteiger partial charge is 0.295 e. The molecule has 0 saturated carbocycles. The fraction of sp³-hybridized carbons (Fsp3) is 0.348. The second kappa shape index (κ2) is 9.82. The fourth-order valence-electron chi connectivity index (χ4n) is 3.73. The number of pyridine rings is 1. The third-order valence-electron chi connectivity index (χ3n) is 5.50. The molecule has 33 heavy (non-hydrogen) atoms. The number of sulfonamides is 1. The minimum atomic E-state index is -3.66. The summed E-state index contributed by atoms with van der Waals surface area (Å²) in [6, 6.07) is 7.95. The number of hydrogen-bond donors (Lipinski definition) is 1. The molecule has 0 bridgehead atoms. The van der Waals surface area contributed by atoms with Crippen molar-refractivity contribution >= 4 is 27.5 Å². The summed E-state index contributed by atoms with van der Waals surface area (Å²) in [5.74, 6) is -2.15. The van der Waals surface area contributed by atoms with Crippen LogP contribution in [-0.2, 0) is 19.6 Å². The van der Waals surface area contributed by atoms with Gasteiger partial charge in [0.25, 0.3) is 5.91 Å². The number of Topliss-reactive ketones (excluding diaryl/α,β-unsaturated/α-hetero) is 1. The van der Waals surface area contributed by atoms with Gasteiger partial charge in [-0.15, -0.1) is 0 Å². The van der Waals surface area contributed by atoms with Crippen LogP contribution in [0.5, 0.6) is 0 Å². The van der Waals surface area contributed by atoms with E-state index in [4.69, 9.17) is 0 Å². The monoisotopic (exact) mass is 472 g/mol. The van der Waals surface area contributed by atoms with E-state index < -0.39 is 33.5 Å². The summed E-state index contributed by atoms with van der Waals surface area (Å²) in [6.07, 6.45) is 3.78. The Morgan fingerprint density at radius 1 is 1.15 bits per heavy atom. The van der Waals surface area contributed by atoms with Crippen molar-refractivity contribution in [2.24, 2.45) is 0 Å². The van der Waals surface area contributed by atoms with Gasteiger partial charge in [-0.2, -0.15) is 0 Å². The first-order valence-electron chi connectivity index (χ1n) is 10.5. The fourth-order valence-corrected chi connectivity index (χ4v) is 4.63. The third kappa shape index (κ3) is 4.97. The zero-order valence-electron chi connectivity index (χ0n) is 19.1. The number of quaternary nitrogens is 1. The number of ketones is 1. The van der Waals surface area contributed by atoms with Gasteiger partial charge in [-0.1, -0.05) is 24.0 Å². The lowest BCUT2D eigenvalue weighted by atomic mass is 9.96. The summed E-state index contributed by atoms with van der Waals surface area (Å²) in [5, 5.41) is 13.4. The molecule has 2 heterocycles. The van der Waals surface area contributed by atoms with Gasteiger partial charge in [0, 0.05) is 45.0 Å². The van der Waals surface area contributed by atoms with E-state index in [-0.39, 0.29) is 16.0 Å². The number of carbonyl (C=O) groups is 2. The lowest BCUT2D eigenvalue weighted by molar-refractivity contribution is -0.858. The minimum Gasteiger partial charge on any atom is -0.872 e. The highest BCUT2D eigenvalue weighted by molar-refractivity contribution is 7.89. The second-order valence-corrected chi connectivity index (χ2v) is 10.5. The highest BCUT2D eigenvalue weighted by atomic mass is 32.2. The maximum Gasteiger partial charge on any atom is 0.295 e. The van der Waals surface area contributed by atoms with Crippen LogP contribution in [0.1, 0.15) is 23.6 Å². The Balaban J connectivity index is 2.06. The van der Waals surface area contributed by atoms with E-state index in [2.05, 4.69) is 4.98 Å². The normalized spacial score (nSPS) is 18.5. The molecular weight excluding hydrogens is 444 g/mol. The molecule has 1 atom stereocenters. The summed E-state index contributed by atoms with van der Waals surface area (Å²) >= 11 is 0. The third-order valence-corrected chi connectivity index (χ3v) is 7.33. The van der Waals surface area contributed by atoms with E-state index in [1.807, 2.05) is 14.1 Å². The SMILES string of the molecule is CN(C)S(=O)(=O)c1ccc(/C([O-])=C2\C(=O)C(=O)N(CCC[NH+](C)C)C2c2cccnc2)cc1. The molecule has 0 radical (unpaired) electrons. The molecule has 1 aromatic carbocycles. The van der Waals surface area contributed by atoms with Crippen molar-refractivity contribution in [2.45, 2.75) is 17.4 Å². The maximum absolute atomic E-state index is 13.4. The highest BCUT2D eigenvalue weighted by Gasteiger charge is 2.44. The van der Waals surface area contributed by atoms with Crippen LogP contribution in [0.3, 0.4) is 0 Å². The predicted molar refractivity (Wildman–Crippen MR) is 120 cm³/mol. The van der Waals surface area contributed by atoms with Gasteiger partial charge in [-0.25, -0.2) is 12.7 Å². The molecule has 3 rings (SSSR count). The van der Waals surface area contributed by atoms with Crippen LogP contribution in [-0.4, -0.2) is 75.6 Å². The average molecular weight is 473 g/mol. The summed E-state index contributed by atoms with van der Waals surface area (Å²) in [6.45, 7) is 1.12. The quantitative estimate of drug-likeness (QED) is 0.302. The lowest BCUT2D eigenvalue weighted by Gasteiger charge is -2.27. The molecule has 1 saturated heterocycles. The van der Waals surface area contributed by atoms with Crippen LogP contribution in [0.2, 0.25) is 0 Å². The zero-order valence-corrected chi connectivity index (χ0v) is 19.9. The van der Waals surface area contributed by atoms with Gasteiger partial charge in [0.1, 0.15) is 0 Å². The molecule has 176 valence electrons. The average Bonchev–Trinajstić information content (AvgIpc) is 3.04. The van der Waals surface area contributed by atoms with Crippen molar-refractivity contribution in [1.82, 2.24) is 14.2 Å². The molecule has 0 spiro atoms. The Morgan fingerprint density at radius 2 is 1.82 bits per heavy atom. The molecule has 1 fully saturated rings. The number of likely N-dealkylation sites (tertiary alicyclic amines) is 1. The molecule has 1 aliphatic heterocycles. The van der Waals surface area contributed by atoms with E-state index in [9.17, 15) is 23.1 Å². The predicted octanol–water partition coefficient (Wildman–Crippen LogP) is -0.909. The molecule has 2 aromatic rings. The van der Waals surface area contributed by atoms with Gasteiger partial charge in [0.15, 0.2) is 0 Å². The number of benzene rings is 1. The second-order valence-electron chi connectivity index (χ2n) is 8.38. The first-order chi connectivity index (χ1) is 15.6. The van der Waals surface area contributed by atoms with Gasteiger partial charge in [0.2, 0.25) is 15.8 Å². The summed E-state index contributed by atoms with van der Waals surface area (Å²) in [5.41, 5.74) is 0.565. The first kappa shape index (κ1) is 24.6. The zero-order chi connectivity index (χ0) is 24.3. The topological polar surface area (TPSA) is 115 Å². The van der Waals surface area contributed by atoms with Gasteiger partial charge in [-0.3, -0.25) is 14.6 Å². The standard InChI is InChI=1S/C23H28N4O5S/c1-25(2)13-6-14-27-20(17-7-5-12-24-15-17)19(22(29)23(27)30)21(28)16-8-10-18(11-9-16)33(31,32)26(3)4/h5,7-12,15,20,28H,6,13-14H2,1-4H3/b21-19+.